The molecule has 0 aromatic rings. The molecule has 0 aromatic heterocycles. The second-order valence-electron chi connectivity index (χ2n) is 10.2. The lowest BCUT2D eigenvalue weighted by molar-refractivity contribution is -0.156. The van der Waals surface area contributed by atoms with E-state index in [1.807, 2.05) is 0 Å². The molecule has 0 bridgehead atoms. The average Bonchev–Trinajstić information content (AvgIpc) is 2.77. The van der Waals surface area contributed by atoms with Crippen LogP contribution in [0.2, 0.25) is 0 Å². The van der Waals surface area contributed by atoms with Crippen molar-refractivity contribution in [3.05, 3.63) is 0 Å². The van der Waals surface area contributed by atoms with Crippen molar-refractivity contribution in [2.75, 3.05) is 0 Å². The molecule has 32 heavy (non-hydrogen) atoms. The van der Waals surface area contributed by atoms with Crippen molar-refractivity contribution in [3.8, 4) is 0 Å². The smallest absolute Gasteiger partial charge is 0.306 e. The van der Waals surface area contributed by atoms with Crippen LogP contribution in [0.15, 0.2) is 0 Å². The summed E-state index contributed by atoms with van der Waals surface area (Å²) in [6, 6.07) is 0. The number of carboxylic acid groups (broad SMARTS) is 4. The van der Waals surface area contributed by atoms with E-state index in [1.54, 1.807) is 0 Å². The lowest BCUT2D eigenvalue weighted by Crippen LogP contribution is -2.42. The minimum absolute atomic E-state index is 0.0982. The summed E-state index contributed by atoms with van der Waals surface area (Å²) in [4.78, 5) is 44.6. The van der Waals surface area contributed by atoms with E-state index in [2.05, 4.69) is 0 Å². The number of rotatable bonds is 4. The van der Waals surface area contributed by atoms with Crippen molar-refractivity contribution in [3.63, 3.8) is 0 Å². The van der Waals surface area contributed by atoms with E-state index in [9.17, 15) is 19.2 Å². The quantitative estimate of drug-likeness (QED) is 0.500. The predicted molar refractivity (Wildman–Crippen MR) is 114 cm³/mol. The second kappa shape index (κ2) is 10.7. The Morgan fingerprint density at radius 2 is 0.625 bits per heavy atom. The summed E-state index contributed by atoms with van der Waals surface area (Å²) >= 11 is 0. The van der Waals surface area contributed by atoms with E-state index in [-0.39, 0.29) is 47.3 Å². The Bertz CT molecular complexity index is 619. The fourth-order valence-corrected chi connectivity index (χ4v) is 7.20. The molecule has 180 valence electrons. The monoisotopic (exact) mass is 452 g/mol. The molecule has 8 unspecified atom stereocenters. The van der Waals surface area contributed by atoms with Crippen LogP contribution in [0.1, 0.15) is 77.0 Å². The van der Waals surface area contributed by atoms with Crippen molar-refractivity contribution < 1.29 is 39.6 Å². The van der Waals surface area contributed by atoms with Crippen LogP contribution < -0.4 is 0 Å². The molecule has 8 heteroatoms. The van der Waals surface area contributed by atoms with Crippen LogP contribution >= 0.6 is 0 Å². The summed E-state index contributed by atoms with van der Waals surface area (Å²) in [6.07, 6.45) is 9.93. The summed E-state index contributed by atoms with van der Waals surface area (Å²) < 4.78 is 0. The topological polar surface area (TPSA) is 149 Å². The maximum atomic E-state index is 11.1. The summed E-state index contributed by atoms with van der Waals surface area (Å²) in [7, 11) is 0. The van der Waals surface area contributed by atoms with E-state index in [4.69, 9.17) is 20.4 Å². The lowest BCUT2D eigenvalue weighted by atomic mass is 9.61. The molecular weight excluding hydrogens is 416 g/mol. The molecule has 0 aromatic carbocycles. The van der Waals surface area contributed by atoms with Crippen LogP contribution in [-0.2, 0) is 19.2 Å². The average molecular weight is 453 g/mol. The first-order chi connectivity index (χ1) is 15.2. The molecular formula is C24H36O8. The summed E-state index contributed by atoms with van der Waals surface area (Å²) in [5.41, 5.74) is 0. The number of fused-ring (bicyclic) bond motifs is 2. The number of hydrogen-bond acceptors (Lipinski definition) is 4. The molecule has 0 saturated heterocycles. The molecule has 4 aliphatic carbocycles. The number of aliphatic carboxylic acids is 4. The number of hydrogen-bond donors (Lipinski definition) is 4. The standard InChI is InChI=1S/2C12H18O4/c13-11(14)9-5-1-3-7-8(9)4-2-6-10(7)12(15)16;13-11(14)9-5-6-10(12(15)16)8-4-2-1-3-7(8)9/h2*7-10H,1-6H2,(H,13,14)(H,15,16). The van der Waals surface area contributed by atoms with Gasteiger partial charge >= 0.3 is 23.9 Å². The van der Waals surface area contributed by atoms with Gasteiger partial charge in [-0.2, -0.15) is 0 Å². The summed E-state index contributed by atoms with van der Waals surface area (Å²) in [5.74, 6) is -3.77. The number of carboxylic acids is 4. The first kappa shape index (κ1) is 24.5. The van der Waals surface area contributed by atoms with Crippen LogP contribution in [0, 0.1) is 47.3 Å². The van der Waals surface area contributed by atoms with Crippen molar-refractivity contribution in [2.24, 2.45) is 47.3 Å². The zero-order valence-corrected chi connectivity index (χ0v) is 18.5. The first-order valence-electron chi connectivity index (χ1n) is 12.1. The van der Waals surface area contributed by atoms with Gasteiger partial charge in [0.25, 0.3) is 0 Å². The van der Waals surface area contributed by atoms with Gasteiger partial charge in [0, 0.05) is 0 Å². The van der Waals surface area contributed by atoms with Crippen LogP contribution in [0.3, 0.4) is 0 Å². The molecule has 0 heterocycles. The third kappa shape index (κ3) is 5.26. The van der Waals surface area contributed by atoms with Crippen LogP contribution in [0.25, 0.3) is 0 Å². The highest BCUT2D eigenvalue weighted by Gasteiger charge is 2.46. The van der Waals surface area contributed by atoms with Crippen LogP contribution in [-0.4, -0.2) is 44.3 Å². The van der Waals surface area contributed by atoms with Gasteiger partial charge in [0.2, 0.25) is 0 Å². The van der Waals surface area contributed by atoms with Gasteiger partial charge in [-0.3, -0.25) is 19.2 Å². The van der Waals surface area contributed by atoms with Crippen LogP contribution in [0.5, 0.6) is 0 Å². The van der Waals surface area contributed by atoms with Crippen molar-refractivity contribution in [2.45, 2.75) is 77.0 Å². The molecule has 4 aliphatic rings. The third-order valence-corrected chi connectivity index (χ3v) is 8.65. The van der Waals surface area contributed by atoms with Gasteiger partial charge in [-0.15, -0.1) is 0 Å². The van der Waals surface area contributed by atoms with Crippen LogP contribution in [0.4, 0.5) is 0 Å². The van der Waals surface area contributed by atoms with Crippen molar-refractivity contribution in [1.82, 2.24) is 0 Å². The Labute approximate surface area is 188 Å². The van der Waals surface area contributed by atoms with Gasteiger partial charge in [-0.05, 0) is 75.0 Å². The third-order valence-electron chi connectivity index (χ3n) is 8.65. The van der Waals surface area contributed by atoms with Crippen molar-refractivity contribution >= 4 is 23.9 Å². The fraction of sp³-hybridized carbons (Fsp3) is 0.833. The highest BCUT2D eigenvalue weighted by Crippen LogP contribution is 2.48. The van der Waals surface area contributed by atoms with E-state index < -0.39 is 23.9 Å². The minimum atomic E-state index is -0.735. The van der Waals surface area contributed by atoms with Gasteiger partial charge in [-0.1, -0.05) is 25.7 Å². The highest BCUT2D eigenvalue weighted by molar-refractivity contribution is 5.74. The van der Waals surface area contributed by atoms with Gasteiger partial charge in [0.1, 0.15) is 0 Å². The highest BCUT2D eigenvalue weighted by atomic mass is 16.4. The normalized spacial score (nSPS) is 38.8. The molecule has 0 aliphatic heterocycles. The maximum Gasteiger partial charge on any atom is 0.306 e. The Hall–Kier alpha value is -2.12. The summed E-state index contributed by atoms with van der Waals surface area (Å²) in [5, 5.41) is 36.6. The summed E-state index contributed by atoms with van der Waals surface area (Å²) in [6.45, 7) is 0. The zero-order valence-electron chi connectivity index (χ0n) is 18.5. The second-order valence-corrected chi connectivity index (χ2v) is 10.2. The van der Waals surface area contributed by atoms with Gasteiger partial charge < -0.3 is 20.4 Å². The lowest BCUT2D eigenvalue weighted by Gasteiger charge is -2.42. The first-order valence-corrected chi connectivity index (χ1v) is 12.1. The fourth-order valence-electron chi connectivity index (χ4n) is 7.20. The van der Waals surface area contributed by atoms with Gasteiger partial charge in [0.05, 0.1) is 23.7 Å². The molecule has 4 saturated carbocycles. The zero-order chi connectivity index (χ0) is 23.4. The number of carbonyl (C=O) groups is 4. The van der Waals surface area contributed by atoms with E-state index in [0.717, 1.165) is 64.2 Å². The van der Waals surface area contributed by atoms with Gasteiger partial charge in [-0.25, -0.2) is 0 Å². The largest absolute Gasteiger partial charge is 0.481 e. The maximum absolute atomic E-state index is 11.1. The molecule has 4 N–H and O–H groups in total. The molecule has 4 rings (SSSR count). The SMILES string of the molecule is O=C(O)C1CCC(C(=O)O)C2CCCCC12.O=C(O)C1CCCC2C(C(=O)O)CCCC12. The van der Waals surface area contributed by atoms with Gasteiger partial charge in [0.15, 0.2) is 0 Å². The Balaban J connectivity index is 0.000000181. The molecule has 0 amide bonds. The molecule has 4 fully saturated rings. The minimum Gasteiger partial charge on any atom is -0.481 e. The Morgan fingerprint density at radius 1 is 0.375 bits per heavy atom. The van der Waals surface area contributed by atoms with E-state index >= 15 is 0 Å². The Kier molecular flexibility index (Phi) is 8.17. The predicted octanol–water partition coefficient (Wildman–Crippen LogP) is 3.98. The molecule has 8 atom stereocenters. The Morgan fingerprint density at radius 3 is 0.906 bits per heavy atom. The molecule has 8 nitrogen and oxygen atoms in total. The van der Waals surface area contributed by atoms with E-state index in [0.29, 0.717) is 12.8 Å². The van der Waals surface area contributed by atoms with E-state index in [1.165, 1.54) is 0 Å². The van der Waals surface area contributed by atoms with Crippen molar-refractivity contribution in [1.29, 1.82) is 0 Å². The molecule has 0 spiro atoms. The molecule has 0 radical (unpaired) electrons.